The minimum atomic E-state index is -0.0331. The fourth-order valence-corrected chi connectivity index (χ4v) is 2.03. The van der Waals surface area contributed by atoms with Crippen molar-refractivity contribution < 1.29 is 9.53 Å². The first-order valence-corrected chi connectivity index (χ1v) is 7.22. The fraction of sp³-hybridized carbons (Fsp3) is 0.562. The Morgan fingerprint density at radius 1 is 1.35 bits per heavy atom. The zero-order valence-electron chi connectivity index (χ0n) is 12.9. The molecule has 0 bridgehead atoms. The van der Waals surface area contributed by atoms with Crippen LogP contribution < -0.4 is 15.4 Å². The van der Waals surface area contributed by atoms with E-state index < -0.39 is 0 Å². The standard InChI is InChI=1S/C16H26N2O2/c1-5-12(2)9-13(3)17-11-16(19)18-14-7-6-8-15(10-14)20-4/h6-8,10,12-13,17H,5,9,11H2,1-4H3,(H,18,19). The average molecular weight is 278 g/mol. The normalized spacial score (nSPS) is 13.6. The third-order valence-electron chi connectivity index (χ3n) is 3.42. The van der Waals surface area contributed by atoms with Gasteiger partial charge < -0.3 is 15.4 Å². The number of ether oxygens (including phenoxy) is 1. The van der Waals surface area contributed by atoms with Crippen LogP contribution in [0, 0.1) is 5.92 Å². The van der Waals surface area contributed by atoms with Crippen molar-refractivity contribution >= 4 is 11.6 Å². The largest absolute Gasteiger partial charge is 0.497 e. The van der Waals surface area contributed by atoms with Crippen LogP contribution in [0.15, 0.2) is 24.3 Å². The smallest absolute Gasteiger partial charge is 0.238 e. The molecule has 1 rings (SSSR count). The molecular formula is C16H26N2O2. The molecule has 0 radical (unpaired) electrons. The number of hydrogen-bond donors (Lipinski definition) is 2. The molecule has 0 saturated heterocycles. The summed E-state index contributed by atoms with van der Waals surface area (Å²) in [5, 5.41) is 6.11. The molecule has 20 heavy (non-hydrogen) atoms. The monoisotopic (exact) mass is 278 g/mol. The summed E-state index contributed by atoms with van der Waals surface area (Å²) in [6, 6.07) is 7.71. The summed E-state index contributed by atoms with van der Waals surface area (Å²) in [6.45, 7) is 6.86. The Balaban J connectivity index is 2.36. The van der Waals surface area contributed by atoms with Crippen molar-refractivity contribution in [2.75, 3.05) is 19.0 Å². The number of amides is 1. The number of benzene rings is 1. The molecule has 112 valence electrons. The van der Waals surface area contributed by atoms with Crippen LogP contribution >= 0.6 is 0 Å². The first kappa shape index (κ1) is 16.5. The number of hydrogen-bond acceptors (Lipinski definition) is 3. The Morgan fingerprint density at radius 2 is 2.10 bits per heavy atom. The van der Waals surface area contributed by atoms with Crippen molar-refractivity contribution in [1.29, 1.82) is 0 Å². The molecule has 1 aromatic carbocycles. The highest BCUT2D eigenvalue weighted by Crippen LogP contribution is 2.16. The summed E-state index contributed by atoms with van der Waals surface area (Å²) < 4.78 is 5.12. The molecule has 4 heteroatoms. The molecule has 2 atom stereocenters. The predicted octanol–water partition coefficient (Wildman–Crippen LogP) is 3.05. The second-order valence-corrected chi connectivity index (χ2v) is 5.31. The van der Waals surface area contributed by atoms with E-state index in [0.717, 1.165) is 17.9 Å². The summed E-state index contributed by atoms with van der Waals surface area (Å²) in [5.41, 5.74) is 0.755. The Morgan fingerprint density at radius 3 is 2.75 bits per heavy atom. The summed E-state index contributed by atoms with van der Waals surface area (Å²) in [5.74, 6) is 1.38. The number of rotatable bonds is 8. The highest BCUT2D eigenvalue weighted by molar-refractivity contribution is 5.92. The number of anilines is 1. The zero-order valence-corrected chi connectivity index (χ0v) is 12.9. The van der Waals surface area contributed by atoms with E-state index in [0.29, 0.717) is 18.5 Å². The lowest BCUT2D eigenvalue weighted by atomic mass is 10.0. The molecule has 2 N–H and O–H groups in total. The van der Waals surface area contributed by atoms with Gasteiger partial charge in [0.05, 0.1) is 13.7 Å². The van der Waals surface area contributed by atoms with E-state index in [1.165, 1.54) is 6.42 Å². The van der Waals surface area contributed by atoms with Gasteiger partial charge in [-0.2, -0.15) is 0 Å². The van der Waals surface area contributed by atoms with Gasteiger partial charge in [-0.25, -0.2) is 0 Å². The van der Waals surface area contributed by atoms with Crippen LogP contribution in [0.1, 0.15) is 33.6 Å². The van der Waals surface area contributed by atoms with Crippen molar-refractivity contribution in [3.63, 3.8) is 0 Å². The Labute approximate surface area is 121 Å². The molecule has 0 aliphatic rings. The average Bonchev–Trinajstić information content (AvgIpc) is 2.45. The predicted molar refractivity (Wildman–Crippen MR) is 83.2 cm³/mol. The quantitative estimate of drug-likeness (QED) is 0.768. The van der Waals surface area contributed by atoms with Gasteiger partial charge in [0.2, 0.25) is 5.91 Å². The fourth-order valence-electron chi connectivity index (χ4n) is 2.03. The van der Waals surface area contributed by atoms with Gasteiger partial charge in [-0.15, -0.1) is 0 Å². The van der Waals surface area contributed by atoms with Gasteiger partial charge in [-0.3, -0.25) is 4.79 Å². The molecule has 1 amide bonds. The maximum Gasteiger partial charge on any atom is 0.238 e. The van der Waals surface area contributed by atoms with Crippen molar-refractivity contribution in [1.82, 2.24) is 5.32 Å². The number of methoxy groups -OCH3 is 1. The highest BCUT2D eigenvalue weighted by atomic mass is 16.5. The lowest BCUT2D eigenvalue weighted by Gasteiger charge is -2.17. The van der Waals surface area contributed by atoms with Gasteiger partial charge in [-0.1, -0.05) is 26.3 Å². The van der Waals surface area contributed by atoms with E-state index in [4.69, 9.17) is 4.74 Å². The van der Waals surface area contributed by atoms with E-state index in [1.54, 1.807) is 13.2 Å². The van der Waals surface area contributed by atoms with Gasteiger partial charge in [0.25, 0.3) is 0 Å². The molecule has 0 saturated carbocycles. The van der Waals surface area contributed by atoms with E-state index in [9.17, 15) is 4.79 Å². The lowest BCUT2D eigenvalue weighted by Crippen LogP contribution is -2.35. The van der Waals surface area contributed by atoms with Crippen LogP contribution in [0.4, 0.5) is 5.69 Å². The highest BCUT2D eigenvalue weighted by Gasteiger charge is 2.09. The SMILES string of the molecule is CCC(C)CC(C)NCC(=O)Nc1cccc(OC)c1. The summed E-state index contributed by atoms with van der Waals surface area (Å²) in [7, 11) is 1.61. The Bertz CT molecular complexity index is 421. The molecular weight excluding hydrogens is 252 g/mol. The molecule has 0 aliphatic carbocycles. The first-order chi connectivity index (χ1) is 9.55. The van der Waals surface area contributed by atoms with Gasteiger partial charge >= 0.3 is 0 Å². The molecule has 2 unspecified atom stereocenters. The number of nitrogens with one attached hydrogen (secondary N) is 2. The zero-order chi connectivity index (χ0) is 15.0. The van der Waals surface area contributed by atoms with E-state index in [2.05, 4.69) is 31.4 Å². The Hall–Kier alpha value is -1.55. The minimum Gasteiger partial charge on any atom is -0.497 e. The number of carbonyl (C=O) groups is 1. The van der Waals surface area contributed by atoms with Crippen molar-refractivity contribution in [3.05, 3.63) is 24.3 Å². The van der Waals surface area contributed by atoms with Crippen LogP contribution in [0.3, 0.4) is 0 Å². The van der Waals surface area contributed by atoms with Crippen LogP contribution in [0.2, 0.25) is 0 Å². The second kappa shape index (κ2) is 8.59. The summed E-state index contributed by atoms with van der Waals surface area (Å²) >= 11 is 0. The van der Waals surface area contributed by atoms with Gasteiger partial charge in [0.15, 0.2) is 0 Å². The Kier molecular flexibility index (Phi) is 7.09. The third kappa shape index (κ3) is 6.06. The van der Waals surface area contributed by atoms with Crippen LogP contribution in [0.5, 0.6) is 5.75 Å². The van der Waals surface area contributed by atoms with Crippen molar-refractivity contribution in [3.8, 4) is 5.75 Å². The molecule has 0 aliphatic heterocycles. The maximum absolute atomic E-state index is 11.9. The molecule has 1 aromatic rings. The van der Waals surface area contributed by atoms with Gasteiger partial charge in [0.1, 0.15) is 5.75 Å². The minimum absolute atomic E-state index is 0.0331. The van der Waals surface area contributed by atoms with Crippen LogP contribution in [-0.4, -0.2) is 25.6 Å². The summed E-state index contributed by atoms with van der Waals surface area (Å²) in [4.78, 5) is 11.9. The molecule has 0 fully saturated rings. The maximum atomic E-state index is 11.9. The van der Waals surface area contributed by atoms with E-state index in [-0.39, 0.29) is 5.91 Å². The lowest BCUT2D eigenvalue weighted by molar-refractivity contribution is -0.115. The van der Waals surface area contributed by atoms with E-state index in [1.807, 2.05) is 18.2 Å². The number of carbonyl (C=O) groups excluding carboxylic acids is 1. The molecule has 4 nitrogen and oxygen atoms in total. The van der Waals surface area contributed by atoms with E-state index >= 15 is 0 Å². The van der Waals surface area contributed by atoms with Gasteiger partial charge in [0, 0.05) is 17.8 Å². The van der Waals surface area contributed by atoms with Crippen molar-refractivity contribution in [2.24, 2.45) is 5.92 Å². The van der Waals surface area contributed by atoms with Crippen LogP contribution in [0.25, 0.3) is 0 Å². The second-order valence-electron chi connectivity index (χ2n) is 5.31. The molecule has 0 heterocycles. The van der Waals surface area contributed by atoms with Crippen molar-refractivity contribution in [2.45, 2.75) is 39.7 Å². The molecule has 0 aromatic heterocycles. The third-order valence-corrected chi connectivity index (χ3v) is 3.42. The first-order valence-electron chi connectivity index (χ1n) is 7.22. The summed E-state index contributed by atoms with van der Waals surface area (Å²) in [6.07, 6.45) is 2.25. The topological polar surface area (TPSA) is 50.4 Å². The van der Waals surface area contributed by atoms with Crippen LogP contribution in [-0.2, 0) is 4.79 Å². The van der Waals surface area contributed by atoms with Gasteiger partial charge in [-0.05, 0) is 31.4 Å². The molecule has 0 spiro atoms.